The molecule has 0 aromatic carbocycles. The van der Waals surface area contributed by atoms with Crippen LogP contribution >= 0.6 is 0 Å². The number of hydroxylamine groups is 1. The number of nitrogens with zero attached hydrogens (tertiary/aromatic N) is 2. The van der Waals surface area contributed by atoms with Crippen LogP contribution in [0.4, 0.5) is 0 Å². The van der Waals surface area contributed by atoms with Gasteiger partial charge in [0.2, 0.25) is 5.96 Å². The molecule has 1 fully saturated rings. The predicted molar refractivity (Wildman–Crippen MR) is 63.4 cm³/mol. The maximum Gasteiger partial charge on any atom is 0.268 e. The summed E-state index contributed by atoms with van der Waals surface area (Å²) in [6.45, 7) is 1.27. The number of aliphatic imine (C=N–C) groups is 1. The van der Waals surface area contributed by atoms with Gasteiger partial charge in [-0.3, -0.25) is 15.3 Å². The molecule has 0 aromatic heterocycles. The SMILES string of the molecule is C[C@H]1C[C@H](N=C(NO)NC(=O)C=N)O[C@]1(C#N)CO. The number of carbonyl (C=O) groups is 1. The lowest BCUT2D eigenvalue weighted by Gasteiger charge is -2.21. The number of nitrogens with one attached hydrogen (secondary N) is 3. The van der Waals surface area contributed by atoms with Gasteiger partial charge < -0.3 is 15.3 Å². The van der Waals surface area contributed by atoms with Crippen LogP contribution in [0.3, 0.4) is 0 Å². The lowest BCUT2D eigenvalue weighted by molar-refractivity contribution is -0.113. The van der Waals surface area contributed by atoms with E-state index < -0.39 is 24.3 Å². The summed E-state index contributed by atoms with van der Waals surface area (Å²) in [5.74, 6) is -1.33. The lowest BCUT2D eigenvalue weighted by Crippen LogP contribution is -2.41. The number of amides is 1. The van der Waals surface area contributed by atoms with Crippen molar-refractivity contribution in [2.45, 2.75) is 25.2 Å². The predicted octanol–water partition coefficient (Wildman–Crippen LogP) is -1.28. The number of rotatable bonds is 3. The Kier molecular flexibility index (Phi) is 4.94. The van der Waals surface area contributed by atoms with Crippen molar-refractivity contribution in [1.29, 1.82) is 10.7 Å². The Balaban J connectivity index is 2.80. The molecule has 1 saturated heterocycles. The first-order valence-electron chi connectivity index (χ1n) is 5.50. The van der Waals surface area contributed by atoms with E-state index in [0.29, 0.717) is 12.6 Å². The van der Waals surface area contributed by atoms with Crippen molar-refractivity contribution in [1.82, 2.24) is 10.8 Å². The fraction of sp³-hybridized carbons (Fsp3) is 0.600. The number of nitriles is 1. The second kappa shape index (κ2) is 6.24. The zero-order valence-electron chi connectivity index (χ0n) is 10.3. The van der Waals surface area contributed by atoms with Crippen LogP contribution in [0.5, 0.6) is 0 Å². The van der Waals surface area contributed by atoms with Gasteiger partial charge in [0.1, 0.15) is 6.07 Å². The molecule has 0 aliphatic carbocycles. The normalized spacial score (nSPS) is 30.5. The van der Waals surface area contributed by atoms with E-state index in [1.807, 2.05) is 6.07 Å². The average Bonchev–Trinajstić information content (AvgIpc) is 2.74. The standard InChI is InChI=1S/C10H15N5O4/c1-6-2-8(19-10(6,4-12)5-16)14-9(15-18)13-7(17)3-11/h3,6,8,11,16,18H,2,5H2,1H3,(H2,13,14,15,17)/t6-,8+,10+/m0/s1. The molecule has 104 valence electrons. The molecule has 1 heterocycles. The first-order chi connectivity index (χ1) is 9.01. The van der Waals surface area contributed by atoms with Crippen molar-refractivity contribution in [3.8, 4) is 6.07 Å². The van der Waals surface area contributed by atoms with Crippen molar-refractivity contribution < 1.29 is 19.8 Å². The number of aliphatic hydroxyl groups excluding tert-OH is 1. The van der Waals surface area contributed by atoms with Crippen molar-refractivity contribution in [2.75, 3.05) is 6.61 Å². The van der Waals surface area contributed by atoms with Crippen LogP contribution in [0.25, 0.3) is 0 Å². The second-order valence-electron chi connectivity index (χ2n) is 4.09. The molecule has 1 aliphatic heterocycles. The molecule has 9 heteroatoms. The number of carbonyl (C=O) groups excluding carboxylic acids is 1. The fourth-order valence-electron chi connectivity index (χ4n) is 1.73. The Hall–Kier alpha value is -2.02. The zero-order valence-corrected chi connectivity index (χ0v) is 10.3. The van der Waals surface area contributed by atoms with Crippen molar-refractivity contribution >= 4 is 18.1 Å². The van der Waals surface area contributed by atoms with E-state index in [4.69, 9.17) is 20.6 Å². The number of ether oxygens (including phenoxy) is 1. The number of hydrogen-bond acceptors (Lipinski definition) is 7. The molecule has 0 spiro atoms. The highest BCUT2D eigenvalue weighted by atomic mass is 16.5. The van der Waals surface area contributed by atoms with Crippen molar-refractivity contribution in [2.24, 2.45) is 10.9 Å². The Morgan fingerprint density at radius 3 is 2.89 bits per heavy atom. The summed E-state index contributed by atoms with van der Waals surface area (Å²) < 4.78 is 5.35. The maximum absolute atomic E-state index is 10.9. The summed E-state index contributed by atoms with van der Waals surface area (Å²) >= 11 is 0. The number of hydrogen-bond donors (Lipinski definition) is 5. The summed E-state index contributed by atoms with van der Waals surface area (Å²) in [7, 11) is 0. The van der Waals surface area contributed by atoms with E-state index in [1.165, 1.54) is 0 Å². The van der Waals surface area contributed by atoms with Crippen LogP contribution in [0.15, 0.2) is 4.99 Å². The van der Waals surface area contributed by atoms with Gasteiger partial charge in [-0.2, -0.15) is 5.26 Å². The summed E-state index contributed by atoms with van der Waals surface area (Å²) in [4.78, 5) is 14.8. The van der Waals surface area contributed by atoms with Gasteiger partial charge in [0, 0.05) is 12.3 Å². The zero-order chi connectivity index (χ0) is 14.5. The molecule has 1 amide bonds. The highest BCUT2D eigenvalue weighted by Crippen LogP contribution is 2.35. The minimum absolute atomic E-state index is 0.255. The molecule has 0 saturated carbocycles. The molecule has 0 unspecified atom stereocenters. The van der Waals surface area contributed by atoms with Crippen molar-refractivity contribution in [3.05, 3.63) is 0 Å². The second-order valence-corrected chi connectivity index (χ2v) is 4.09. The third-order valence-electron chi connectivity index (χ3n) is 2.87. The van der Waals surface area contributed by atoms with Gasteiger partial charge in [0.25, 0.3) is 5.91 Å². The maximum atomic E-state index is 10.9. The average molecular weight is 269 g/mol. The van der Waals surface area contributed by atoms with Gasteiger partial charge in [-0.25, -0.2) is 10.5 Å². The van der Waals surface area contributed by atoms with Gasteiger partial charge in [0.05, 0.1) is 12.8 Å². The summed E-state index contributed by atoms with van der Waals surface area (Å²) in [6.07, 6.45) is 0.0698. The first-order valence-corrected chi connectivity index (χ1v) is 5.50. The molecule has 0 bridgehead atoms. The van der Waals surface area contributed by atoms with E-state index >= 15 is 0 Å². The molecule has 3 atom stereocenters. The van der Waals surface area contributed by atoms with Crippen LogP contribution in [0.2, 0.25) is 0 Å². The number of aliphatic hydroxyl groups is 1. The van der Waals surface area contributed by atoms with Crippen LogP contribution in [0, 0.1) is 22.7 Å². The number of guanidine groups is 1. The Morgan fingerprint density at radius 2 is 2.47 bits per heavy atom. The minimum atomic E-state index is -1.33. The van der Waals surface area contributed by atoms with E-state index in [-0.39, 0.29) is 11.9 Å². The smallest absolute Gasteiger partial charge is 0.268 e. The van der Waals surface area contributed by atoms with E-state index in [9.17, 15) is 9.90 Å². The Morgan fingerprint density at radius 1 is 1.79 bits per heavy atom. The molecule has 1 aliphatic rings. The third kappa shape index (κ3) is 3.25. The van der Waals surface area contributed by atoms with Crippen LogP contribution in [0.1, 0.15) is 13.3 Å². The monoisotopic (exact) mass is 269 g/mol. The quantitative estimate of drug-likeness (QED) is 0.244. The largest absolute Gasteiger partial charge is 0.392 e. The topological polar surface area (TPSA) is 151 Å². The van der Waals surface area contributed by atoms with E-state index in [0.717, 1.165) is 0 Å². The third-order valence-corrected chi connectivity index (χ3v) is 2.87. The first kappa shape index (κ1) is 15.0. The fourth-order valence-corrected chi connectivity index (χ4v) is 1.73. The Bertz CT molecular complexity index is 432. The highest BCUT2D eigenvalue weighted by molar-refractivity contribution is 6.28. The van der Waals surface area contributed by atoms with Gasteiger partial charge in [0.15, 0.2) is 11.8 Å². The van der Waals surface area contributed by atoms with Crippen molar-refractivity contribution in [3.63, 3.8) is 0 Å². The van der Waals surface area contributed by atoms with E-state index in [2.05, 4.69) is 10.3 Å². The van der Waals surface area contributed by atoms with Gasteiger partial charge >= 0.3 is 0 Å². The van der Waals surface area contributed by atoms with Crippen LogP contribution in [-0.4, -0.2) is 46.8 Å². The van der Waals surface area contributed by atoms with Gasteiger partial charge in [-0.15, -0.1) is 0 Å². The molecule has 9 nitrogen and oxygen atoms in total. The Labute approximate surface area is 109 Å². The molecular weight excluding hydrogens is 254 g/mol. The molecule has 1 rings (SSSR count). The molecule has 5 N–H and O–H groups in total. The van der Waals surface area contributed by atoms with Crippen LogP contribution in [-0.2, 0) is 9.53 Å². The van der Waals surface area contributed by atoms with Crippen LogP contribution < -0.4 is 10.8 Å². The lowest BCUT2D eigenvalue weighted by atomic mass is 9.91. The molecule has 0 radical (unpaired) electrons. The minimum Gasteiger partial charge on any atom is -0.392 e. The summed E-state index contributed by atoms with van der Waals surface area (Å²) in [5.41, 5.74) is 0.329. The molecule has 0 aromatic rings. The summed E-state index contributed by atoms with van der Waals surface area (Å²) in [6, 6.07) is 1.90. The molecular formula is C10H15N5O4. The summed E-state index contributed by atoms with van der Waals surface area (Å²) in [5, 5.41) is 35.9. The van der Waals surface area contributed by atoms with Gasteiger partial charge in [-0.1, -0.05) is 6.92 Å². The van der Waals surface area contributed by atoms with Gasteiger partial charge in [-0.05, 0) is 0 Å². The molecule has 19 heavy (non-hydrogen) atoms. The highest BCUT2D eigenvalue weighted by Gasteiger charge is 2.46. The van der Waals surface area contributed by atoms with E-state index in [1.54, 1.807) is 12.4 Å².